The highest BCUT2D eigenvalue weighted by molar-refractivity contribution is 5.95. The van der Waals surface area contributed by atoms with Gasteiger partial charge in [0.25, 0.3) is 5.91 Å². The Morgan fingerprint density at radius 2 is 1.54 bits per heavy atom. The second kappa shape index (κ2) is 8.81. The van der Waals surface area contributed by atoms with Crippen molar-refractivity contribution in [3.05, 3.63) is 67.3 Å². The van der Waals surface area contributed by atoms with E-state index >= 15 is 0 Å². The minimum Gasteiger partial charge on any atom is -0.481 e. The molecule has 2 amide bonds. The van der Waals surface area contributed by atoms with Crippen LogP contribution >= 0.6 is 0 Å². The van der Waals surface area contributed by atoms with Crippen LogP contribution in [0.15, 0.2) is 67.3 Å². The van der Waals surface area contributed by atoms with E-state index in [1.165, 1.54) is 17.3 Å². The first-order chi connectivity index (χ1) is 13.5. The lowest BCUT2D eigenvalue weighted by Gasteiger charge is -2.15. The highest BCUT2D eigenvalue weighted by Crippen LogP contribution is 2.17. The van der Waals surface area contributed by atoms with Crippen LogP contribution in [0.2, 0.25) is 0 Å². The lowest BCUT2D eigenvalue weighted by Crippen LogP contribution is -2.30. The summed E-state index contributed by atoms with van der Waals surface area (Å²) in [5.74, 6) is 0.150. The van der Waals surface area contributed by atoms with E-state index in [1.54, 1.807) is 50.2 Å². The Bertz CT molecular complexity index is 911. The average molecular weight is 379 g/mol. The van der Waals surface area contributed by atoms with Gasteiger partial charge >= 0.3 is 0 Å². The Hall–Kier alpha value is -3.68. The minimum absolute atomic E-state index is 0.216. The van der Waals surface area contributed by atoms with Gasteiger partial charge in [0.2, 0.25) is 5.91 Å². The van der Waals surface area contributed by atoms with E-state index in [9.17, 15) is 9.59 Å². The quantitative estimate of drug-likeness (QED) is 0.658. The smallest absolute Gasteiger partial charge is 0.265 e. The van der Waals surface area contributed by atoms with Crippen LogP contribution < -0.4 is 15.4 Å². The first-order valence-corrected chi connectivity index (χ1v) is 8.80. The van der Waals surface area contributed by atoms with Gasteiger partial charge in [0.15, 0.2) is 6.10 Å². The number of rotatable bonds is 7. The average Bonchev–Trinajstić information content (AvgIpc) is 3.24. The van der Waals surface area contributed by atoms with Crippen LogP contribution in [0.4, 0.5) is 11.4 Å². The molecule has 2 N–H and O–H groups in total. The Morgan fingerprint density at radius 1 is 0.929 bits per heavy atom. The van der Waals surface area contributed by atoms with E-state index in [1.807, 2.05) is 18.2 Å². The monoisotopic (exact) mass is 379 g/mol. The molecule has 3 aromatic rings. The highest BCUT2D eigenvalue weighted by atomic mass is 16.5. The largest absolute Gasteiger partial charge is 0.481 e. The number of hydrogen-bond donors (Lipinski definition) is 2. The summed E-state index contributed by atoms with van der Waals surface area (Å²) in [5, 5.41) is 9.55. The fraction of sp³-hybridized carbons (Fsp3) is 0.200. The fourth-order valence-corrected chi connectivity index (χ4v) is 2.42. The second-order valence-electron chi connectivity index (χ2n) is 6.18. The molecule has 2 atom stereocenters. The van der Waals surface area contributed by atoms with Crippen molar-refractivity contribution in [2.45, 2.75) is 26.0 Å². The molecule has 8 heteroatoms. The number of nitrogens with zero attached hydrogens (tertiary/aromatic N) is 3. The Balaban J connectivity index is 1.53. The standard InChI is InChI=1S/C20H21N5O3/c1-14(25-13-21-12-22-25)19(26)23-16-8-10-17(11-9-16)24-20(27)15(2)28-18-6-4-3-5-7-18/h3-15H,1-2H3,(H,23,26)(H,24,27)/t14-,15+/m1/s1. The maximum absolute atomic E-state index is 12.3. The Kier molecular flexibility index (Phi) is 6.01. The molecular weight excluding hydrogens is 358 g/mol. The third-order valence-corrected chi connectivity index (χ3v) is 4.06. The summed E-state index contributed by atoms with van der Waals surface area (Å²) in [6, 6.07) is 15.5. The molecule has 3 rings (SSSR count). The van der Waals surface area contributed by atoms with Crippen LogP contribution in [-0.4, -0.2) is 32.7 Å². The third kappa shape index (κ3) is 4.94. The SMILES string of the molecule is C[C@H](Oc1ccccc1)C(=O)Nc1ccc(NC(=O)[C@@H](C)n2cncn2)cc1. The number of anilines is 2. The van der Waals surface area contributed by atoms with E-state index < -0.39 is 12.1 Å². The molecular formula is C20H21N5O3. The Morgan fingerprint density at radius 3 is 2.11 bits per heavy atom. The summed E-state index contributed by atoms with van der Waals surface area (Å²) < 4.78 is 7.07. The van der Waals surface area contributed by atoms with Gasteiger partial charge in [-0.25, -0.2) is 9.67 Å². The maximum atomic E-state index is 12.3. The van der Waals surface area contributed by atoms with Crippen molar-refractivity contribution in [1.82, 2.24) is 14.8 Å². The molecule has 144 valence electrons. The van der Waals surface area contributed by atoms with Crippen LogP contribution in [0.3, 0.4) is 0 Å². The predicted molar refractivity (Wildman–Crippen MR) is 105 cm³/mol. The van der Waals surface area contributed by atoms with Crippen LogP contribution in [0.5, 0.6) is 5.75 Å². The zero-order valence-corrected chi connectivity index (χ0v) is 15.6. The molecule has 2 aromatic carbocycles. The molecule has 28 heavy (non-hydrogen) atoms. The molecule has 1 heterocycles. The van der Waals surface area contributed by atoms with E-state index in [4.69, 9.17) is 4.74 Å². The van der Waals surface area contributed by atoms with E-state index in [-0.39, 0.29) is 11.8 Å². The van der Waals surface area contributed by atoms with Crippen molar-refractivity contribution < 1.29 is 14.3 Å². The second-order valence-corrected chi connectivity index (χ2v) is 6.18. The van der Waals surface area contributed by atoms with Gasteiger partial charge in [-0.05, 0) is 50.2 Å². The molecule has 0 bridgehead atoms. The van der Waals surface area contributed by atoms with Crippen LogP contribution in [-0.2, 0) is 9.59 Å². The van der Waals surface area contributed by atoms with Crippen molar-refractivity contribution in [2.24, 2.45) is 0 Å². The predicted octanol–water partition coefficient (Wildman–Crippen LogP) is 2.88. The van der Waals surface area contributed by atoms with Gasteiger partial charge < -0.3 is 15.4 Å². The normalized spacial score (nSPS) is 12.6. The van der Waals surface area contributed by atoms with Crippen molar-refractivity contribution >= 4 is 23.2 Å². The zero-order chi connectivity index (χ0) is 19.9. The molecule has 0 fully saturated rings. The number of carbonyl (C=O) groups excluding carboxylic acids is 2. The third-order valence-electron chi connectivity index (χ3n) is 4.06. The number of amides is 2. The molecule has 0 aliphatic rings. The summed E-state index contributed by atoms with van der Waals surface area (Å²) in [6.45, 7) is 3.41. The maximum Gasteiger partial charge on any atom is 0.265 e. The van der Waals surface area contributed by atoms with Gasteiger partial charge in [-0.3, -0.25) is 9.59 Å². The number of nitrogens with one attached hydrogen (secondary N) is 2. The molecule has 0 saturated heterocycles. The van der Waals surface area contributed by atoms with Gasteiger partial charge in [0.05, 0.1) is 0 Å². The van der Waals surface area contributed by atoms with E-state index in [2.05, 4.69) is 20.7 Å². The molecule has 8 nitrogen and oxygen atoms in total. The Labute approximate surface area is 162 Å². The number of para-hydroxylation sites is 1. The molecule has 0 saturated carbocycles. The summed E-state index contributed by atoms with van der Waals surface area (Å²) in [7, 11) is 0. The van der Waals surface area contributed by atoms with Gasteiger partial charge in [0.1, 0.15) is 24.4 Å². The first-order valence-electron chi connectivity index (χ1n) is 8.80. The van der Waals surface area contributed by atoms with Gasteiger partial charge in [0, 0.05) is 11.4 Å². The van der Waals surface area contributed by atoms with Gasteiger partial charge in [-0.2, -0.15) is 5.10 Å². The van der Waals surface area contributed by atoms with Crippen LogP contribution in [0.1, 0.15) is 19.9 Å². The van der Waals surface area contributed by atoms with Crippen molar-refractivity contribution in [3.63, 3.8) is 0 Å². The number of benzene rings is 2. The van der Waals surface area contributed by atoms with Crippen molar-refractivity contribution in [1.29, 1.82) is 0 Å². The first kappa shape index (κ1) is 19.1. The topological polar surface area (TPSA) is 98.1 Å². The van der Waals surface area contributed by atoms with Gasteiger partial charge in [-0.15, -0.1) is 0 Å². The van der Waals surface area contributed by atoms with Crippen LogP contribution in [0, 0.1) is 0 Å². The molecule has 0 aliphatic heterocycles. The molecule has 0 spiro atoms. The lowest BCUT2D eigenvalue weighted by atomic mass is 10.2. The lowest BCUT2D eigenvalue weighted by molar-refractivity contribution is -0.122. The molecule has 1 aromatic heterocycles. The van der Waals surface area contributed by atoms with E-state index in [0.29, 0.717) is 17.1 Å². The summed E-state index contributed by atoms with van der Waals surface area (Å²) in [5.41, 5.74) is 1.22. The summed E-state index contributed by atoms with van der Waals surface area (Å²) in [4.78, 5) is 28.4. The highest BCUT2D eigenvalue weighted by Gasteiger charge is 2.16. The molecule has 0 aliphatic carbocycles. The van der Waals surface area contributed by atoms with Crippen molar-refractivity contribution in [3.8, 4) is 5.75 Å². The summed E-state index contributed by atoms with van der Waals surface area (Å²) in [6.07, 6.45) is 2.22. The van der Waals surface area contributed by atoms with E-state index in [0.717, 1.165) is 0 Å². The van der Waals surface area contributed by atoms with Crippen molar-refractivity contribution in [2.75, 3.05) is 10.6 Å². The number of aromatic nitrogens is 3. The number of ether oxygens (including phenoxy) is 1. The minimum atomic E-state index is -0.648. The summed E-state index contributed by atoms with van der Waals surface area (Å²) >= 11 is 0. The number of carbonyl (C=O) groups is 2. The molecule has 0 radical (unpaired) electrons. The number of hydrogen-bond acceptors (Lipinski definition) is 5. The van der Waals surface area contributed by atoms with Crippen LogP contribution in [0.25, 0.3) is 0 Å². The molecule has 0 unspecified atom stereocenters. The fourth-order valence-electron chi connectivity index (χ4n) is 2.42. The van der Waals surface area contributed by atoms with Gasteiger partial charge in [-0.1, -0.05) is 18.2 Å². The zero-order valence-electron chi connectivity index (χ0n) is 15.6.